The maximum Gasteiger partial charge on any atom is 0.340 e. The van der Waals surface area contributed by atoms with Gasteiger partial charge in [0.2, 0.25) is 0 Å². The highest BCUT2D eigenvalue weighted by Gasteiger charge is 2.18. The maximum absolute atomic E-state index is 12.4. The number of benzene rings is 2. The lowest BCUT2D eigenvalue weighted by molar-refractivity contribution is 0.0476. The molecule has 1 N–H and O–H groups in total. The Labute approximate surface area is 164 Å². The lowest BCUT2D eigenvalue weighted by Gasteiger charge is -2.11. The third-order valence-corrected chi connectivity index (χ3v) is 4.73. The van der Waals surface area contributed by atoms with Gasteiger partial charge >= 0.3 is 5.97 Å². The first-order valence-corrected chi connectivity index (χ1v) is 9.20. The number of rotatable bonds is 6. The molecule has 0 saturated carbocycles. The van der Waals surface area contributed by atoms with Crippen molar-refractivity contribution in [2.75, 3.05) is 11.9 Å². The third-order valence-electron chi connectivity index (χ3n) is 3.62. The van der Waals surface area contributed by atoms with Gasteiger partial charge < -0.3 is 10.1 Å². The van der Waals surface area contributed by atoms with E-state index in [2.05, 4.69) is 5.32 Å². The van der Waals surface area contributed by atoms with E-state index in [0.29, 0.717) is 15.5 Å². The minimum absolute atomic E-state index is 0.116. The molecule has 0 unspecified atom stereocenters. The molecule has 0 radical (unpaired) electrons. The molecule has 1 amide bonds. The number of halogens is 1. The fraction of sp³-hybridized carbons (Fsp3) is 0.0500. The van der Waals surface area contributed by atoms with E-state index >= 15 is 0 Å². The van der Waals surface area contributed by atoms with E-state index in [-0.39, 0.29) is 22.9 Å². The Hall–Kier alpha value is -2.96. The number of hydrogen-bond donors (Lipinski definition) is 1. The highest BCUT2D eigenvalue weighted by atomic mass is 35.5. The second-order valence-electron chi connectivity index (χ2n) is 5.49. The first-order chi connectivity index (χ1) is 13.0. The van der Waals surface area contributed by atoms with Crippen molar-refractivity contribution >= 4 is 46.3 Å². The number of anilines is 1. The molecule has 0 saturated heterocycles. The third kappa shape index (κ3) is 4.81. The zero-order chi connectivity index (χ0) is 19.2. The van der Waals surface area contributed by atoms with Gasteiger partial charge in [0.05, 0.1) is 16.1 Å². The second kappa shape index (κ2) is 8.62. The average molecular weight is 400 g/mol. The molecule has 0 aliphatic carbocycles. The number of esters is 1. The van der Waals surface area contributed by atoms with Crippen LogP contribution in [0, 0.1) is 0 Å². The summed E-state index contributed by atoms with van der Waals surface area (Å²) in [6.07, 6.45) is 0. The molecule has 0 fully saturated rings. The van der Waals surface area contributed by atoms with Crippen LogP contribution in [0.25, 0.3) is 0 Å². The minimum Gasteiger partial charge on any atom is -0.454 e. The summed E-state index contributed by atoms with van der Waals surface area (Å²) in [5.74, 6) is -1.40. The van der Waals surface area contributed by atoms with Gasteiger partial charge in [0, 0.05) is 10.6 Å². The SMILES string of the molecule is O=C(COC(=O)c1ccc(Cl)cc1NC(=O)c1cccs1)c1ccccc1. The number of ether oxygens (including phenoxy) is 1. The maximum atomic E-state index is 12.4. The van der Waals surface area contributed by atoms with E-state index < -0.39 is 12.6 Å². The van der Waals surface area contributed by atoms with Crippen LogP contribution in [-0.4, -0.2) is 24.3 Å². The van der Waals surface area contributed by atoms with Crippen molar-refractivity contribution < 1.29 is 19.1 Å². The predicted octanol–water partition coefficient (Wildman–Crippen LogP) is 4.69. The highest BCUT2D eigenvalue weighted by Crippen LogP contribution is 2.23. The zero-order valence-electron chi connectivity index (χ0n) is 14.0. The number of hydrogen-bond acceptors (Lipinski definition) is 5. The number of nitrogens with one attached hydrogen (secondary N) is 1. The van der Waals surface area contributed by atoms with Crippen molar-refractivity contribution in [2.45, 2.75) is 0 Å². The Balaban J connectivity index is 1.72. The summed E-state index contributed by atoms with van der Waals surface area (Å²) in [5, 5.41) is 4.79. The van der Waals surface area contributed by atoms with Crippen LogP contribution < -0.4 is 5.32 Å². The normalized spacial score (nSPS) is 10.3. The average Bonchev–Trinajstić information content (AvgIpc) is 3.21. The van der Waals surface area contributed by atoms with Crippen LogP contribution in [0.5, 0.6) is 0 Å². The van der Waals surface area contributed by atoms with Gasteiger partial charge in [-0.2, -0.15) is 0 Å². The number of thiophene rings is 1. The molecule has 3 aromatic rings. The van der Waals surface area contributed by atoms with E-state index in [1.807, 2.05) is 0 Å². The van der Waals surface area contributed by atoms with Gasteiger partial charge in [-0.3, -0.25) is 9.59 Å². The monoisotopic (exact) mass is 399 g/mol. The van der Waals surface area contributed by atoms with Gasteiger partial charge in [0.25, 0.3) is 5.91 Å². The van der Waals surface area contributed by atoms with Crippen molar-refractivity contribution in [3.05, 3.63) is 87.1 Å². The molecule has 1 heterocycles. The smallest absolute Gasteiger partial charge is 0.340 e. The molecule has 0 aliphatic rings. The second-order valence-corrected chi connectivity index (χ2v) is 6.87. The standard InChI is InChI=1S/C20H14ClNO4S/c21-14-8-9-15(16(11-14)22-19(24)18-7-4-10-27-18)20(25)26-12-17(23)13-5-2-1-3-6-13/h1-11H,12H2,(H,22,24). The van der Waals surface area contributed by atoms with Crippen molar-refractivity contribution in [1.29, 1.82) is 0 Å². The topological polar surface area (TPSA) is 72.5 Å². The number of carbonyl (C=O) groups is 3. The molecule has 0 atom stereocenters. The van der Waals surface area contributed by atoms with Crippen LogP contribution in [0.3, 0.4) is 0 Å². The summed E-state index contributed by atoms with van der Waals surface area (Å²) in [6, 6.07) is 16.4. The molecule has 27 heavy (non-hydrogen) atoms. The van der Waals surface area contributed by atoms with Crippen LogP contribution in [0.1, 0.15) is 30.4 Å². The zero-order valence-corrected chi connectivity index (χ0v) is 15.5. The van der Waals surface area contributed by atoms with Crippen LogP contribution in [-0.2, 0) is 4.74 Å². The Morgan fingerprint density at radius 2 is 1.78 bits per heavy atom. The summed E-state index contributed by atoms with van der Waals surface area (Å²) in [7, 11) is 0. The first-order valence-electron chi connectivity index (χ1n) is 7.94. The largest absolute Gasteiger partial charge is 0.454 e. The Morgan fingerprint density at radius 3 is 2.48 bits per heavy atom. The molecule has 0 spiro atoms. The summed E-state index contributed by atoms with van der Waals surface area (Å²) in [6.45, 7) is -0.399. The quantitative estimate of drug-likeness (QED) is 0.482. The Bertz CT molecular complexity index is 971. The first kappa shape index (κ1) is 18.8. The summed E-state index contributed by atoms with van der Waals surface area (Å²) in [5.41, 5.74) is 0.788. The van der Waals surface area contributed by atoms with Gasteiger partial charge in [0.15, 0.2) is 12.4 Å². The van der Waals surface area contributed by atoms with Crippen molar-refractivity contribution in [1.82, 2.24) is 0 Å². The van der Waals surface area contributed by atoms with Crippen LogP contribution in [0.15, 0.2) is 66.0 Å². The van der Waals surface area contributed by atoms with Crippen LogP contribution in [0.2, 0.25) is 5.02 Å². The Morgan fingerprint density at radius 1 is 1.00 bits per heavy atom. The molecular formula is C20H14ClNO4S. The van der Waals surface area contributed by atoms with Crippen molar-refractivity contribution in [3.63, 3.8) is 0 Å². The van der Waals surface area contributed by atoms with Gasteiger partial charge in [0.1, 0.15) is 0 Å². The lowest BCUT2D eigenvalue weighted by Crippen LogP contribution is -2.17. The fourth-order valence-corrected chi connectivity index (χ4v) is 3.10. The minimum atomic E-state index is -0.725. The summed E-state index contributed by atoms with van der Waals surface area (Å²) < 4.78 is 5.12. The number of Topliss-reactive ketones (excluding diaryl/α,β-unsaturated/α-hetero) is 1. The molecule has 0 bridgehead atoms. The molecule has 5 nitrogen and oxygen atoms in total. The molecule has 2 aromatic carbocycles. The number of ketones is 1. The van der Waals surface area contributed by atoms with Crippen LogP contribution >= 0.6 is 22.9 Å². The number of carbonyl (C=O) groups excluding carboxylic acids is 3. The predicted molar refractivity (Wildman–Crippen MR) is 105 cm³/mol. The van der Waals surface area contributed by atoms with Gasteiger partial charge in [-0.1, -0.05) is 48.0 Å². The van der Waals surface area contributed by atoms with E-state index in [1.54, 1.807) is 47.8 Å². The van der Waals surface area contributed by atoms with Crippen LogP contribution in [0.4, 0.5) is 5.69 Å². The van der Waals surface area contributed by atoms with E-state index in [9.17, 15) is 14.4 Å². The summed E-state index contributed by atoms with van der Waals surface area (Å²) >= 11 is 7.26. The highest BCUT2D eigenvalue weighted by molar-refractivity contribution is 7.12. The Kier molecular flexibility index (Phi) is 6.01. The summed E-state index contributed by atoms with van der Waals surface area (Å²) in [4.78, 5) is 37.3. The van der Waals surface area contributed by atoms with Crippen molar-refractivity contribution in [3.8, 4) is 0 Å². The van der Waals surface area contributed by atoms with E-state index in [4.69, 9.17) is 16.3 Å². The van der Waals surface area contributed by atoms with Gasteiger partial charge in [-0.25, -0.2) is 4.79 Å². The molecule has 0 aliphatic heterocycles. The number of amides is 1. The van der Waals surface area contributed by atoms with E-state index in [0.717, 1.165) is 0 Å². The van der Waals surface area contributed by atoms with Gasteiger partial charge in [-0.05, 0) is 29.6 Å². The fourth-order valence-electron chi connectivity index (χ4n) is 2.31. The lowest BCUT2D eigenvalue weighted by atomic mass is 10.1. The molecule has 3 rings (SSSR count). The van der Waals surface area contributed by atoms with Gasteiger partial charge in [-0.15, -0.1) is 11.3 Å². The molecule has 136 valence electrons. The molecule has 7 heteroatoms. The molecule has 1 aromatic heterocycles. The van der Waals surface area contributed by atoms with E-state index in [1.165, 1.54) is 29.5 Å². The molecular weight excluding hydrogens is 386 g/mol. The van der Waals surface area contributed by atoms with Crippen molar-refractivity contribution in [2.24, 2.45) is 0 Å².